The SMILES string of the molecule is CCOc1ccc([C@@H](CNC(=O)c2ccc3ccccc3c2)N2CCOCC2)cc1OC. The number of rotatable bonds is 8. The molecule has 0 radical (unpaired) electrons. The zero-order valence-corrected chi connectivity index (χ0v) is 18.7. The highest BCUT2D eigenvalue weighted by Crippen LogP contribution is 2.32. The number of carbonyl (C=O) groups is 1. The van der Waals surface area contributed by atoms with Crippen molar-refractivity contribution in [3.63, 3.8) is 0 Å². The topological polar surface area (TPSA) is 60.0 Å². The summed E-state index contributed by atoms with van der Waals surface area (Å²) in [6.07, 6.45) is 0. The summed E-state index contributed by atoms with van der Waals surface area (Å²) >= 11 is 0. The monoisotopic (exact) mass is 434 g/mol. The third kappa shape index (κ3) is 5.03. The van der Waals surface area contributed by atoms with Crippen molar-refractivity contribution in [3.8, 4) is 11.5 Å². The molecule has 0 aliphatic carbocycles. The van der Waals surface area contributed by atoms with Gasteiger partial charge in [-0.15, -0.1) is 0 Å². The maximum atomic E-state index is 13.0. The van der Waals surface area contributed by atoms with Crippen LogP contribution in [0, 0.1) is 0 Å². The van der Waals surface area contributed by atoms with E-state index in [0.29, 0.717) is 37.7 Å². The molecule has 1 aliphatic heterocycles. The van der Waals surface area contributed by atoms with Gasteiger partial charge < -0.3 is 19.5 Å². The Kier molecular flexibility index (Phi) is 7.24. The molecule has 0 bridgehead atoms. The number of hydrogen-bond donors (Lipinski definition) is 1. The fourth-order valence-electron chi connectivity index (χ4n) is 4.14. The number of nitrogens with zero attached hydrogens (tertiary/aromatic N) is 1. The summed E-state index contributed by atoms with van der Waals surface area (Å²) in [4.78, 5) is 15.3. The first kappa shape index (κ1) is 22.1. The van der Waals surface area contributed by atoms with Gasteiger partial charge in [-0.05, 0) is 47.5 Å². The molecule has 0 saturated carbocycles. The molecule has 1 saturated heterocycles. The Hall–Kier alpha value is -3.09. The van der Waals surface area contributed by atoms with E-state index in [4.69, 9.17) is 14.2 Å². The largest absolute Gasteiger partial charge is 0.493 e. The Morgan fingerprint density at radius 3 is 2.56 bits per heavy atom. The lowest BCUT2D eigenvalue weighted by Crippen LogP contribution is -2.43. The van der Waals surface area contributed by atoms with E-state index in [9.17, 15) is 4.79 Å². The van der Waals surface area contributed by atoms with Crippen LogP contribution in [0.4, 0.5) is 0 Å². The zero-order chi connectivity index (χ0) is 22.3. The molecule has 4 rings (SSSR count). The van der Waals surface area contributed by atoms with E-state index < -0.39 is 0 Å². The number of amides is 1. The molecule has 0 unspecified atom stereocenters. The quantitative estimate of drug-likeness (QED) is 0.580. The van der Waals surface area contributed by atoms with E-state index in [1.165, 1.54) is 0 Å². The van der Waals surface area contributed by atoms with Gasteiger partial charge in [-0.3, -0.25) is 9.69 Å². The third-order valence-electron chi connectivity index (χ3n) is 5.83. The van der Waals surface area contributed by atoms with E-state index in [1.54, 1.807) is 7.11 Å². The minimum Gasteiger partial charge on any atom is -0.493 e. The van der Waals surface area contributed by atoms with Gasteiger partial charge >= 0.3 is 0 Å². The molecular formula is C26H30N2O4. The van der Waals surface area contributed by atoms with Gasteiger partial charge in [0.25, 0.3) is 5.91 Å². The Labute approximate surface area is 189 Å². The van der Waals surface area contributed by atoms with Crippen molar-refractivity contribution in [2.24, 2.45) is 0 Å². The number of fused-ring (bicyclic) bond motifs is 1. The van der Waals surface area contributed by atoms with Crippen LogP contribution < -0.4 is 14.8 Å². The Morgan fingerprint density at radius 2 is 1.81 bits per heavy atom. The molecule has 168 valence electrons. The molecule has 0 spiro atoms. The van der Waals surface area contributed by atoms with E-state index >= 15 is 0 Å². The smallest absolute Gasteiger partial charge is 0.251 e. The number of carbonyl (C=O) groups excluding carboxylic acids is 1. The number of ether oxygens (including phenoxy) is 3. The molecule has 3 aromatic rings. The van der Waals surface area contributed by atoms with Crippen molar-refractivity contribution >= 4 is 16.7 Å². The standard InChI is InChI=1S/C26H30N2O4/c1-3-32-24-11-10-21(17-25(24)30-2)23(28-12-14-31-15-13-28)18-27-26(29)22-9-8-19-6-4-5-7-20(19)16-22/h4-11,16-17,23H,3,12-15,18H2,1-2H3,(H,27,29)/t23-/m1/s1. The van der Waals surface area contributed by atoms with Gasteiger partial charge in [0.2, 0.25) is 0 Å². The third-order valence-corrected chi connectivity index (χ3v) is 5.83. The number of hydrogen-bond acceptors (Lipinski definition) is 5. The molecule has 1 atom stereocenters. The van der Waals surface area contributed by atoms with Crippen LogP contribution in [0.1, 0.15) is 28.9 Å². The second-order valence-electron chi connectivity index (χ2n) is 7.78. The van der Waals surface area contributed by atoms with Crippen LogP contribution in [0.3, 0.4) is 0 Å². The molecule has 1 aliphatic rings. The molecule has 1 fully saturated rings. The second kappa shape index (κ2) is 10.5. The second-order valence-corrected chi connectivity index (χ2v) is 7.78. The molecule has 1 N–H and O–H groups in total. The number of morpholine rings is 1. The molecule has 6 heteroatoms. The van der Waals surface area contributed by atoms with Crippen molar-refractivity contribution < 1.29 is 19.0 Å². The van der Waals surface area contributed by atoms with Crippen LogP contribution in [0.5, 0.6) is 11.5 Å². The summed E-state index contributed by atoms with van der Waals surface area (Å²) in [5, 5.41) is 5.32. The lowest BCUT2D eigenvalue weighted by atomic mass is 10.0. The molecule has 6 nitrogen and oxygen atoms in total. The Bertz CT molecular complexity index is 1060. The van der Waals surface area contributed by atoms with E-state index in [-0.39, 0.29) is 11.9 Å². The van der Waals surface area contributed by atoms with Gasteiger partial charge in [0.1, 0.15) is 0 Å². The average Bonchev–Trinajstić information content (AvgIpc) is 2.85. The molecule has 32 heavy (non-hydrogen) atoms. The highest BCUT2D eigenvalue weighted by Gasteiger charge is 2.24. The highest BCUT2D eigenvalue weighted by molar-refractivity contribution is 5.98. The lowest BCUT2D eigenvalue weighted by molar-refractivity contribution is 0.0162. The van der Waals surface area contributed by atoms with Crippen LogP contribution in [0.25, 0.3) is 10.8 Å². The summed E-state index contributed by atoms with van der Waals surface area (Å²) in [6, 6.07) is 19.9. The Morgan fingerprint density at radius 1 is 1.03 bits per heavy atom. The maximum Gasteiger partial charge on any atom is 0.251 e. The maximum absolute atomic E-state index is 13.0. The first-order chi connectivity index (χ1) is 15.7. The first-order valence-electron chi connectivity index (χ1n) is 11.1. The van der Waals surface area contributed by atoms with Gasteiger partial charge in [0.05, 0.1) is 33.0 Å². The summed E-state index contributed by atoms with van der Waals surface area (Å²) in [6.45, 7) is 6.00. The molecule has 0 aromatic heterocycles. The highest BCUT2D eigenvalue weighted by atomic mass is 16.5. The van der Waals surface area contributed by atoms with Crippen LogP contribution in [0.2, 0.25) is 0 Å². The lowest BCUT2D eigenvalue weighted by Gasteiger charge is -2.35. The fraction of sp³-hybridized carbons (Fsp3) is 0.346. The summed E-state index contributed by atoms with van der Waals surface area (Å²) < 4.78 is 16.8. The van der Waals surface area contributed by atoms with E-state index in [1.807, 2.05) is 61.5 Å². The van der Waals surface area contributed by atoms with Gasteiger partial charge in [0, 0.05) is 25.2 Å². The van der Waals surface area contributed by atoms with Crippen molar-refractivity contribution in [3.05, 3.63) is 71.8 Å². The summed E-state index contributed by atoms with van der Waals surface area (Å²) in [7, 11) is 1.65. The normalized spacial score (nSPS) is 15.3. The van der Waals surface area contributed by atoms with Gasteiger partial charge in [-0.2, -0.15) is 0 Å². The van der Waals surface area contributed by atoms with Crippen molar-refractivity contribution in [2.45, 2.75) is 13.0 Å². The average molecular weight is 435 g/mol. The number of methoxy groups -OCH3 is 1. The van der Waals surface area contributed by atoms with Crippen LogP contribution in [-0.4, -0.2) is 57.4 Å². The van der Waals surface area contributed by atoms with Gasteiger partial charge in [0.15, 0.2) is 11.5 Å². The molecule has 3 aromatic carbocycles. The fourth-order valence-corrected chi connectivity index (χ4v) is 4.14. The van der Waals surface area contributed by atoms with Crippen LogP contribution in [0.15, 0.2) is 60.7 Å². The van der Waals surface area contributed by atoms with Crippen molar-refractivity contribution in [2.75, 3.05) is 46.6 Å². The Balaban J connectivity index is 1.54. The van der Waals surface area contributed by atoms with E-state index in [2.05, 4.69) is 16.3 Å². The van der Waals surface area contributed by atoms with Gasteiger partial charge in [-0.1, -0.05) is 36.4 Å². The summed E-state index contributed by atoms with van der Waals surface area (Å²) in [5.74, 6) is 1.34. The predicted octanol–water partition coefficient (Wildman–Crippen LogP) is 4.05. The van der Waals surface area contributed by atoms with Crippen LogP contribution >= 0.6 is 0 Å². The first-order valence-corrected chi connectivity index (χ1v) is 11.1. The van der Waals surface area contributed by atoms with Crippen molar-refractivity contribution in [1.82, 2.24) is 10.2 Å². The molecular weight excluding hydrogens is 404 g/mol. The predicted molar refractivity (Wildman–Crippen MR) is 126 cm³/mol. The van der Waals surface area contributed by atoms with Crippen molar-refractivity contribution in [1.29, 1.82) is 0 Å². The summed E-state index contributed by atoms with van der Waals surface area (Å²) in [5.41, 5.74) is 1.74. The van der Waals surface area contributed by atoms with Gasteiger partial charge in [-0.25, -0.2) is 0 Å². The zero-order valence-electron chi connectivity index (χ0n) is 18.7. The minimum atomic E-state index is -0.0769. The van der Waals surface area contributed by atoms with Crippen LogP contribution in [-0.2, 0) is 4.74 Å². The molecule has 1 heterocycles. The number of benzene rings is 3. The van der Waals surface area contributed by atoms with E-state index in [0.717, 1.165) is 35.2 Å². The minimum absolute atomic E-state index is 0.00730. The number of nitrogens with one attached hydrogen (secondary N) is 1. The molecule has 1 amide bonds.